The Morgan fingerprint density at radius 1 is 1.05 bits per heavy atom. The van der Waals surface area contributed by atoms with Crippen LogP contribution in [0, 0.1) is 5.41 Å². The molecule has 3 nitrogen and oxygen atoms in total. The number of methoxy groups -OCH3 is 1. The number of hydrogen-bond acceptors (Lipinski definition) is 3. The van der Waals surface area contributed by atoms with Crippen LogP contribution in [0.3, 0.4) is 0 Å². The molecule has 0 heterocycles. The summed E-state index contributed by atoms with van der Waals surface area (Å²) in [5.74, 6) is 0. The zero-order valence-electron chi connectivity index (χ0n) is 13.0. The van der Waals surface area contributed by atoms with E-state index in [0.29, 0.717) is 5.41 Å². The summed E-state index contributed by atoms with van der Waals surface area (Å²) in [6, 6.07) is 0. The molecule has 1 N–H and O–H groups in total. The third-order valence-corrected chi connectivity index (χ3v) is 4.32. The molecule has 0 aromatic heterocycles. The zero-order valence-corrected chi connectivity index (χ0v) is 13.0. The quantitative estimate of drug-likeness (QED) is 0.584. The van der Waals surface area contributed by atoms with E-state index < -0.39 is 0 Å². The van der Waals surface area contributed by atoms with E-state index >= 15 is 0 Å². The van der Waals surface area contributed by atoms with Crippen LogP contribution in [0.4, 0.5) is 0 Å². The molecule has 19 heavy (non-hydrogen) atoms. The predicted molar refractivity (Wildman–Crippen MR) is 80.6 cm³/mol. The SMILES string of the molecule is CCCCOCCC1(CNCCOC)CCCCC1. The lowest BCUT2D eigenvalue weighted by Crippen LogP contribution is -2.38. The van der Waals surface area contributed by atoms with Gasteiger partial charge in [-0.05, 0) is 31.1 Å². The highest BCUT2D eigenvalue weighted by Gasteiger charge is 2.31. The molecule has 1 saturated carbocycles. The second kappa shape index (κ2) is 10.6. The van der Waals surface area contributed by atoms with Gasteiger partial charge in [-0.3, -0.25) is 0 Å². The summed E-state index contributed by atoms with van der Waals surface area (Å²) in [4.78, 5) is 0. The van der Waals surface area contributed by atoms with Crippen molar-refractivity contribution in [1.82, 2.24) is 5.32 Å². The van der Waals surface area contributed by atoms with E-state index in [-0.39, 0.29) is 0 Å². The fourth-order valence-corrected chi connectivity index (χ4v) is 2.98. The van der Waals surface area contributed by atoms with Crippen molar-refractivity contribution in [2.75, 3.05) is 40.0 Å². The van der Waals surface area contributed by atoms with Gasteiger partial charge in [0.15, 0.2) is 0 Å². The van der Waals surface area contributed by atoms with Crippen molar-refractivity contribution >= 4 is 0 Å². The fourth-order valence-electron chi connectivity index (χ4n) is 2.98. The van der Waals surface area contributed by atoms with Gasteiger partial charge in [0.25, 0.3) is 0 Å². The Morgan fingerprint density at radius 2 is 1.84 bits per heavy atom. The molecular weight excluding hydrogens is 238 g/mol. The molecule has 0 aromatic carbocycles. The third-order valence-electron chi connectivity index (χ3n) is 4.32. The molecular formula is C16H33NO2. The van der Waals surface area contributed by atoms with Crippen LogP contribution in [0.2, 0.25) is 0 Å². The van der Waals surface area contributed by atoms with Crippen molar-refractivity contribution < 1.29 is 9.47 Å². The van der Waals surface area contributed by atoms with Crippen molar-refractivity contribution in [1.29, 1.82) is 0 Å². The first-order valence-corrected chi connectivity index (χ1v) is 8.10. The van der Waals surface area contributed by atoms with E-state index in [1.807, 2.05) is 0 Å². The monoisotopic (exact) mass is 271 g/mol. The van der Waals surface area contributed by atoms with Crippen LogP contribution < -0.4 is 5.32 Å². The largest absolute Gasteiger partial charge is 0.383 e. The fraction of sp³-hybridized carbons (Fsp3) is 1.00. The molecule has 1 rings (SSSR count). The Kier molecular flexibility index (Phi) is 9.48. The first-order chi connectivity index (χ1) is 9.33. The summed E-state index contributed by atoms with van der Waals surface area (Å²) >= 11 is 0. The summed E-state index contributed by atoms with van der Waals surface area (Å²) in [6.45, 7) is 6.99. The number of unbranched alkanes of at least 4 members (excludes halogenated alkanes) is 1. The molecule has 0 aromatic rings. The van der Waals surface area contributed by atoms with Crippen LogP contribution in [0.25, 0.3) is 0 Å². The lowest BCUT2D eigenvalue weighted by Gasteiger charge is -2.37. The van der Waals surface area contributed by atoms with Gasteiger partial charge in [-0.2, -0.15) is 0 Å². The minimum absolute atomic E-state index is 0.484. The van der Waals surface area contributed by atoms with Gasteiger partial charge in [0.2, 0.25) is 0 Å². The van der Waals surface area contributed by atoms with Crippen molar-refractivity contribution in [3.8, 4) is 0 Å². The highest BCUT2D eigenvalue weighted by atomic mass is 16.5. The van der Waals surface area contributed by atoms with Gasteiger partial charge in [-0.15, -0.1) is 0 Å². The molecule has 0 spiro atoms. The van der Waals surface area contributed by atoms with Gasteiger partial charge in [0.05, 0.1) is 6.61 Å². The second-order valence-electron chi connectivity index (χ2n) is 5.95. The normalized spacial score (nSPS) is 18.6. The molecule has 114 valence electrons. The van der Waals surface area contributed by atoms with Crippen LogP contribution in [0.5, 0.6) is 0 Å². The van der Waals surface area contributed by atoms with E-state index in [1.165, 1.54) is 51.4 Å². The van der Waals surface area contributed by atoms with Crippen molar-refractivity contribution in [2.24, 2.45) is 5.41 Å². The lowest BCUT2D eigenvalue weighted by atomic mass is 9.72. The van der Waals surface area contributed by atoms with E-state index in [1.54, 1.807) is 7.11 Å². The number of ether oxygens (including phenoxy) is 2. The summed E-state index contributed by atoms with van der Waals surface area (Å²) in [5, 5.41) is 3.57. The average Bonchev–Trinajstić information content (AvgIpc) is 2.45. The standard InChI is InChI=1S/C16H33NO2/c1-3-4-12-19-13-10-16(8-6-5-7-9-16)15-17-11-14-18-2/h17H,3-15H2,1-2H3. The van der Waals surface area contributed by atoms with Crippen LogP contribution in [0.15, 0.2) is 0 Å². The second-order valence-corrected chi connectivity index (χ2v) is 5.95. The van der Waals surface area contributed by atoms with Crippen LogP contribution in [-0.4, -0.2) is 40.0 Å². The summed E-state index contributed by atoms with van der Waals surface area (Å²) in [6.07, 6.45) is 10.6. The molecule has 1 fully saturated rings. The maximum atomic E-state index is 5.78. The first-order valence-electron chi connectivity index (χ1n) is 8.10. The molecule has 0 saturated heterocycles. The zero-order chi connectivity index (χ0) is 13.8. The van der Waals surface area contributed by atoms with Gasteiger partial charge in [0, 0.05) is 33.4 Å². The van der Waals surface area contributed by atoms with Crippen molar-refractivity contribution in [3.63, 3.8) is 0 Å². The first kappa shape index (κ1) is 16.9. The van der Waals surface area contributed by atoms with Gasteiger partial charge in [-0.1, -0.05) is 32.6 Å². The van der Waals surface area contributed by atoms with E-state index in [2.05, 4.69) is 12.2 Å². The Morgan fingerprint density at radius 3 is 2.53 bits per heavy atom. The smallest absolute Gasteiger partial charge is 0.0587 e. The maximum absolute atomic E-state index is 5.78. The predicted octanol–water partition coefficient (Wildman–Crippen LogP) is 3.38. The molecule has 0 atom stereocenters. The van der Waals surface area contributed by atoms with E-state index in [0.717, 1.165) is 32.9 Å². The minimum atomic E-state index is 0.484. The number of rotatable bonds is 11. The minimum Gasteiger partial charge on any atom is -0.383 e. The molecule has 0 unspecified atom stereocenters. The Hall–Kier alpha value is -0.120. The molecule has 0 bridgehead atoms. The summed E-state index contributed by atoms with van der Waals surface area (Å²) < 4.78 is 10.9. The third kappa shape index (κ3) is 7.28. The van der Waals surface area contributed by atoms with Gasteiger partial charge in [-0.25, -0.2) is 0 Å². The van der Waals surface area contributed by atoms with Gasteiger partial charge >= 0.3 is 0 Å². The molecule has 0 amide bonds. The van der Waals surface area contributed by atoms with E-state index in [4.69, 9.17) is 9.47 Å². The molecule has 1 aliphatic carbocycles. The highest BCUT2D eigenvalue weighted by molar-refractivity contribution is 4.84. The maximum Gasteiger partial charge on any atom is 0.0587 e. The average molecular weight is 271 g/mol. The highest BCUT2D eigenvalue weighted by Crippen LogP contribution is 2.38. The number of nitrogens with one attached hydrogen (secondary N) is 1. The molecule has 0 radical (unpaired) electrons. The van der Waals surface area contributed by atoms with Crippen molar-refractivity contribution in [2.45, 2.75) is 58.3 Å². The summed E-state index contributed by atoms with van der Waals surface area (Å²) in [7, 11) is 1.76. The van der Waals surface area contributed by atoms with Crippen molar-refractivity contribution in [3.05, 3.63) is 0 Å². The Bertz CT molecular complexity index is 203. The Balaban J connectivity index is 2.24. The lowest BCUT2D eigenvalue weighted by molar-refractivity contribution is 0.0703. The van der Waals surface area contributed by atoms with Gasteiger partial charge in [0.1, 0.15) is 0 Å². The summed E-state index contributed by atoms with van der Waals surface area (Å²) in [5.41, 5.74) is 0.484. The van der Waals surface area contributed by atoms with Crippen LogP contribution in [0.1, 0.15) is 58.3 Å². The van der Waals surface area contributed by atoms with Gasteiger partial charge < -0.3 is 14.8 Å². The molecule has 3 heteroatoms. The topological polar surface area (TPSA) is 30.5 Å². The molecule has 0 aliphatic heterocycles. The van der Waals surface area contributed by atoms with Crippen LogP contribution >= 0.6 is 0 Å². The number of hydrogen-bond donors (Lipinski definition) is 1. The van der Waals surface area contributed by atoms with E-state index in [9.17, 15) is 0 Å². The van der Waals surface area contributed by atoms with Crippen LogP contribution in [-0.2, 0) is 9.47 Å². The Labute approximate surface area is 119 Å². The molecule has 1 aliphatic rings.